The van der Waals surface area contributed by atoms with E-state index in [0.717, 1.165) is 25.1 Å². The third-order valence-corrected chi connectivity index (χ3v) is 2.69. The number of rotatable bonds is 6. The maximum absolute atomic E-state index is 11.7. The number of aromatic nitrogens is 1. The third-order valence-electron chi connectivity index (χ3n) is 2.42. The molecule has 90 valence electrons. The summed E-state index contributed by atoms with van der Waals surface area (Å²) in [5.74, 6) is 0.766. The highest BCUT2D eigenvalue weighted by Crippen LogP contribution is 2.09. The van der Waals surface area contributed by atoms with Crippen molar-refractivity contribution in [2.24, 2.45) is 0 Å². The van der Waals surface area contributed by atoms with Crippen LogP contribution in [0.5, 0.6) is 5.75 Å². The lowest BCUT2D eigenvalue weighted by Gasteiger charge is -2.12. The molecule has 1 rings (SSSR count). The van der Waals surface area contributed by atoms with Crippen LogP contribution in [0.25, 0.3) is 0 Å². The Labute approximate surface area is 101 Å². The molecule has 0 aromatic carbocycles. The van der Waals surface area contributed by atoms with Crippen LogP contribution in [0, 0.1) is 0 Å². The van der Waals surface area contributed by atoms with E-state index in [4.69, 9.17) is 16.3 Å². The average molecular weight is 244 g/mol. The van der Waals surface area contributed by atoms with E-state index in [1.807, 2.05) is 11.5 Å². The molecule has 0 amide bonds. The van der Waals surface area contributed by atoms with Crippen molar-refractivity contribution in [3.63, 3.8) is 0 Å². The van der Waals surface area contributed by atoms with E-state index in [1.165, 1.54) is 0 Å². The molecule has 0 aliphatic rings. The van der Waals surface area contributed by atoms with Crippen molar-refractivity contribution in [2.75, 3.05) is 6.61 Å². The molecule has 0 bridgehead atoms. The maximum Gasteiger partial charge on any atom is 0.223 e. The number of pyridine rings is 1. The number of hydrogen-bond acceptors (Lipinski definition) is 2. The summed E-state index contributed by atoms with van der Waals surface area (Å²) in [5.41, 5.74) is 0.744. The molecule has 1 heterocycles. The van der Waals surface area contributed by atoms with Crippen LogP contribution in [0.1, 0.15) is 32.4 Å². The minimum absolute atomic E-state index is 0.0866. The van der Waals surface area contributed by atoms with Crippen LogP contribution in [0.15, 0.2) is 17.1 Å². The van der Waals surface area contributed by atoms with Crippen LogP contribution in [0.3, 0.4) is 0 Å². The van der Waals surface area contributed by atoms with E-state index < -0.39 is 0 Å². The molecule has 0 saturated carbocycles. The summed E-state index contributed by atoms with van der Waals surface area (Å²) in [6.45, 7) is 5.47. The normalized spacial score (nSPS) is 10.4. The zero-order valence-corrected chi connectivity index (χ0v) is 10.6. The van der Waals surface area contributed by atoms with Gasteiger partial charge < -0.3 is 9.30 Å². The van der Waals surface area contributed by atoms with E-state index in [2.05, 4.69) is 6.92 Å². The number of nitrogens with zero attached hydrogens (tertiary/aromatic N) is 1. The summed E-state index contributed by atoms with van der Waals surface area (Å²) in [6, 6.07) is 1.55. The Morgan fingerprint density at radius 2 is 2.19 bits per heavy atom. The Bertz CT molecular complexity index is 387. The molecular formula is C12H18ClNO2. The highest BCUT2D eigenvalue weighted by atomic mass is 35.5. The molecule has 0 radical (unpaired) electrons. The predicted octanol–water partition coefficient (Wildman–Crippen LogP) is 2.79. The number of halogens is 1. The maximum atomic E-state index is 11.7. The molecule has 16 heavy (non-hydrogen) atoms. The fourth-order valence-corrected chi connectivity index (χ4v) is 1.67. The quantitative estimate of drug-likeness (QED) is 0.568. The Morgan fingerprint density at radius 1 is 1.44 bits per heavy atom. The molecular weight excluding hydrogens is 226 g/mol. The van der Waals surface area contributed by atoms with Crippen molar-refractivity contribution in [1.82, 2.24) is 4.57 Å². The van der Waals surface area contributed by atoms with Crippen molar-refractivity contribution in [3.8, 4) is 5.75 Å². The Balaban J connectivity index is 2.89. The van der Waals surface area contributed by atoms with Gasteiger partial charge in [0.1, 0.15) is 0 Å². The van der Waals surface area contributed by atoms with Gasteiger partial charge in [0.25, 0.3) is 0 Å². The number of alkyl halides is 1. The summed E-state index contributed by atoms with van der Waals surface area (Å²) in [5, 5.41) is 0. The molecule has 0 spiro atoms. The third kappa shape index (κ3) is 3.27. The molecule has 0 N–H and O–H groups in total. The summed E-state index contributed by atoms with van der Waals surface area (Å²) >= 11 is 5.76. The van der Waals surface area contributed by atoms with Gasteiger partial charge in [0, 0.05) is 18.3 Å². The monoisotopic (exact) mass is 243 g/mol. The largest absolute Gasteiger partial charge is 0.488 e. The molecule has 1 aromatic heterocycles. The van der Waals surface area contributed by atoms with Gasteiger partial charge in [-0.2, -0.15) is 0 Å². The van der Waals surface area contributed by atoms with Gasteiger partial charge in [0.15, 0.2) is 5.75 Å². The molecule has 0 atom stereocenters. The van der Waals surface area contributed by atoms with Crippen molar-refractivity contribution >= 4 is 11.6 Å². The smallest absolute Gasteiger partial charge is 0.223 e. The van der Waals surface area contributed by atoms with Crippen molar-refractivity contribution in [2.45, 2.75) is 39.1 Å². The Kier molecular flexibility index (Phi) is 5.39. The summed E-state index contributed by atoms with van der Waals surface area (Å²) < 4.78 is 7.38. The molecule has 0 unspecified atom stereocenters. The van der Waals surface area contributed by atoms with E-state index >= 15 is 0 Å². The van der Waals surface area contributed by atoms with Crippen LogP contribution in [-0.4, -0.2) is 11.2 Å². The lowest BCUT2D eigenvalue weighted by molar-refractivity contribution is 0.303. The van der Waals surface area contributed by atoms with Gasteiger partial charge in [-0.15, -0.1) is 11.6 Å². The summed E-state index contributed by atoms with van der Waals surface area (Å²) in [7, 11) is 0. The lowest BCUT2D eigenvalue weighted by atomic mass is 10.3. The predicted molar refractivity (Wildman–Crippen MR) is 66.3 cm³/mol. The van der Waals surface area contributed by atoms with Crippen LogP contribution in [0.4, 0.5) is 0 Å². The second-order valence-corrected chi connectivity index (χ2v) is 3.88. The fourth-order valence-electron chi connectivity index (χ4n) is 1.44. The number of aryl methyl sites for hydroxylation is 1. The van der Waals surface area contributed by atoms with Gasteiger partial charge >= 0.3 is 0 Å². The van der Waals surface area contributed by atoms with Gasteiger partial charge in [0.2, 0.25) is 5.43 Å². The molecule has 0 aliphatic heterocycles. The topological polar surface area (TPSA) is 31.2 Å². The molecule has 1 aromatic rings. The minimum Gasteiger partial charge on any atom is -0.488 e. The van der Waals surface area contributed by atoms with Crippen LogP contribution < -0.4 is 10.2 Å². The van der Waals surface area contributed by atoms with Gasteiger partial charge in [-0.3, -0.25) is 4.79 Å². The first-order valence-electron chi connectivity index (χ1n) is 5.65. The molecule has 0 aliphatic carbocycles. The fraction of sp³-hybridized carbons (Fsp3) is 0.583. The number of unbranched alkanes of at least 4 members (excludes halogenated alkanes) is 1. The van der Waals surface area contributed by atoms with E-state index in [9.17, 15) is 4.79 Å². The highest BCUT2D eigenvalue weighted by Gasteiger charge is 2.05. The molecule has 4 heteroatoms. The van der Waals surface area contributed by atoms with E-state index in [0.29, 0.717) is 18.2 Å². The summed E-state index contributed by atoms with van der Waals surface area (Å²) in [6.07, 6.45) is 3.76. The Morgan fingerprint density at radius 3 is 2.75 bits per heavy atom. The van der Waals surface area contributed by atoms with Crippen LogP contribution in [0.2, 0.25) is 0 Å². The second-order valence-electron chi connectivity index (χ2n) is 3.61. The van der Waals surface area contributed by atoms with Crippen LogP contribution in [-0.2, 0) is 12.4 Å². The molecule has 0 fully saturated rings. The molecule has 3 nitrogen and oxygen atoms in total. The highest BCUT2D eigenvalue weighted by molar-refractivity contribution is 6.16. The minimum atomic E-state index is -0.0866. The van der Waals surface area contributed by atoms with Crippen molar-refractivity contribution in [1.29, 1.82) is 0 Å². The zero-order valence-electron chi connectivity index (χ0n) is 9.83. The first kappa shape index (κ1) is 13.1. The van der Waals surface area contributed by atoms with Crippen molar-refractivity contribution < 1.29 is 4.74 Å². The van der Waals surface area contributed by atoms with Crippen LogP contribution >= 0.6 is 11.6 Å². The SMILES string of the molecule is CCCCOc1cn(CC)c(CCl)cc1=O. The van der Waals surface area contributed by atoms with Gasteiger partial charge in [-0.05, 0) is 13.3 Å². The standard InChI is InChI=1S/C12H18ClNO2/c1-3-5-6-16-12-9-14(4-2)10(8-13)7-11(12)15/h7,9H,3-6,8H2,1-2H3. The zero-order chi connectivity index (χ0) is 12.0. The Hall–Kier alpha value is -0.960. The average Bonchev–Trinajstić information content (AvgIpc) is 2.31. The number of hydrogen-bond donors (Lipinski definition) is 0. The summed E-state index contributed by atoms with van der Waals surface area (Å²) in [4.78, 5) is 11.7. The van der Waals surface area contributed by atoms with Gasteiger partial charge in [-0.1, -0.05) is 13.3 Å². The first-order valence-corrected chi connectivity index (χ1v) is 6.18. The van der Waals surface area contributed by atoms with Gasteiger partial charge in [0.05, 0.1) is 18.7 Å². The second kappa shape index (κ2) is 6.59. The van der Waals surface area contributed by atoms with Gasteiger partial charge in [-0.25, -0.2) is 0 Å². The molecule has 0 saturated heterocycles. The lowest BCUT2D eigenvalue weighted by Crippen LogP contribution is -2.14. The number of ether oxygens (including phenoxy) is 1. The van der Waals surface area contributed by atoms with E-state index in [-0.39, 0.29) is 5.43 Å². The van der Waals surface area contributed by atoms with E-state index in [1.54, 1.807) is 12.3 Å². The first-order chi connectivity index (χ1) is 7.72. The van der Waals surface area contributed by atoms with Crippen molar-refractivity contribution in [3.05, 3.63) is 28.2 Å².